The predicted molar refractivity (Wildman–Crippen MR) is 135 cm³/mol. The number of aryl methyl sites for hydroxylation is 1. The van der Waals surface area contributed by atoms with Crippen LogP contribution < -0.4 is 9.62 Å². The smallest absolute Gasteiger partial charge is 0.264 e. The molecule has 0 aromatic heterocycles. The Bertz CT molecular complexity index is 1250. The lowest BCUT2D eigenvalue weighted by atomic mass is 10.1. The number of rotatable bonds is 8. The Labute approximate surface area is 202 Å². The number of nitrogens with zero attached hydrogens (tertiary/aromatic N) is 2. The second kappa shape index (κ2) is 10.4. The van der Waals surface area contributed by atoms with E-state index in [4.69, 9.17) is 0 Å². The van der Waals surface area contributed by atoms with E-state index in [0.717, 1.165) is 30.8 Å². The van der Waals surface area contributed by atoms with Gasteiger partial charge in [-0.15, -0.1) is 0 Å². The van der Waals surface area contributed by atoms with Crippen molar-refractivity contribution in [2.75, 3.05) is 24.4 Å². The third kappa shape index (κ3) is 5.66. The van der Waals surface area contributed by atoms with Crippen LogP contribution in [0.15, 0.2) is 77.7 Å². The summed E-state index contributed by atoms with van der Waals surface area (Å²) in [6.45, 7) is 5.54. The summed E-state index contributed by atoms with van der Waals surface area (Å²) in [5, 5.41) is 2.96. The number of carbonyl (C=O) groups is 1. The molecule has 0 spiro atoms. The number of likely N-dealkylation sites (tertiary alicyclic amines) is 1. The molecule has 0 bridgehead atoms. The van der Waals surface area contributed by atoms with E-state index in [2.05, 4.69) is 22.3 Å². The number of carbonyl (C=O) groups excluding carboxylic acids is 1. The lowest BCUT2D eigenvalue weighted by molar-refractivity contribution is 0.0951. The highest BCUT2D eigenvalue weighted by molar-refractivity contribution is 7.92. The number of benzene rings is 3. The number of hydrogen-bond donors (Lipinski definition) is 1. The summed E-state index contributed by atoms with van der Waals surface area (Å²) < 4.78 is 27.2. The topological polar surface area (TPSA) is 69.7 Å². The van der Waals surface area contributed by atoms with Gasteiger partial charge in [-0.1, -0.05) is 48.0 Å². The number of sulfonamides is 1. The van der Waals surface area contributed by atoms with Crippen molar-refractivity contribution in [2.24, 2.45) is 0 Å². The first-order valence-corrected chi connectivity index (χ1v) is 13.0. The monoisotopic (exact) mass is 477 g/mol. The summed E-state index contributed by atoms with van der Waals surface area (Å²) in [7, 11) is -2.23. The van der Waals surface area contributed by atoms with E-state index < -0.39 is 10.0 Å². The molecule has 1 heterocycles. The molecule has 1 aliphatic heterocycles. The lowest BCUT2D eigenvalue weighted by Gasteiger charge is -2.20. The van der Waals surface area contributed by atoms with Gasteiger partial charge in [0.2, 0.25) is 0 Å². The van der Waals surface area contributed by atoms with Crippen LogP contribution in [0.5, 0.6) is 0 Å². The Morgan fingerprint density at radius 3 is 2.35 bits per heavy atom. The van der Waals surface area contributed by atoms with E-state index in [1.807, 2.05) is 19.1 Å². The molecular weight excluding hydrogens is 446 g/mol. The number of nitrogens with one attached hydrogen (secondary N) is 1. The molecule has 0 unspecified atom stereocenters. The van der Waals surface area contributed by atoms with Gasteiger partial charge in [0.25, 0.3) is 15.9 Å². The summed E-state index contributed by atoms with van der Waals surface area (Å²) in [4.78, 5) is 15.5. The summed E-state index contributed by atoms with van der Waals surface area (Å²) in [6.07, 6.45) is 2.52. The van der Waals surface area contributed by atoms with Crippen LogP contribution in [0.2, 0.25) is 0 Å². The highest BCUT2D eigenvalue weighted by Gasteiger charge is 2.22. The Hall–Kier alpha value is -3.16. The van der Waals surface area contributed by atoms with Crippen molar-refractivity contribution in [1.29, 1.82) is 0 Å². The molecule has 1 amide bonds. The van der Waals surface area contributed by atoms with Gasteiger partial charge in [0.05, 0.1) is 10.6 Å². The fraction of sp³-hybridized carbons (Fsp3) is 0.296. The summed E-state index contributed by atoms with van der Waals surface area (Å²) in [5.41, 5.74) is 4.12. The SMILES string of the molecule is Cc1ccc(S(=O)(=O)N(C)c2cccc(C(=O)NCc3cccc(CN4CCCC4)c3)c2)cc1. The molecule has 4 rings (SSSR count). The van der Waals surface area contributed by atoms with Crippen LogP contribution in [0.1, 0.15) is 39.9 Å². The molecule has 0 saturated carbocycles. The average Bonchev–Trinajstić information content (AvgIpc) is 3.35. The minimum Gasteiger partial charge on any atom is -0.348 e. The minimum absolute atomic E-state index is 0.212. The van der Waals surface area contributed by atoms with Crippen molar-refractivity contribution >= 4 is 21.6 Å². The zero-order valence-electron chi connectivity index (χ0n) is 19.7. The molecule has 6 nitrogen and oxygen atoms in total. The Morgan fingerprint density at radius 1 is 0.941 bits per heavy atom. The molecule has 1 aliphatic rings. The van der Waals surface area contributed by atoms with Crippen LogP contribution in [-0.4, -0.2) is 39.4 Å². The van der Waals surface area contributed by atoms with E-state index in [1.54, 1.807) is 48.5 Å². The molecule has 1 saturated heterocycles. The number of hydrogen-bond acceptors (Lipinski definition) is 4. The molecular formula is C27H31N3O3S. The fourth-order valence-corrected chi connectivity index (χ4v) is 5.36. The van der Waals surface area contributed by atoms with Crippen molar-refractivity contribution in [3.05, 3.63) is 95.1 Å². The van der Waals surface area contributed by atoms with Crippen molar-refractivity contribution in [3.63, 3.8) is 0 Å². The van der Waals surface area contributed by atoms with E-state index in [1.165, 1.54) is 29.8 Å². The quantitative estimate of drug-likeness (QED) is 0.524. The predicted octanol–water partition coefficient (Wildman–Crippen LogP) is 4.35. The molecule has 0 aliphatic carbocycles. The number of anilines is 1. The maximum absolute atomic E-state index is 13.0. The van der Waals surface area contributed by atoms with Crippen LogP contribution in [0.3, 0.4) is 0 Å². The molecule has 7 heteroatoms. The Morgan fingerprint density at radius 2 is 1.62 bits per heavy atom. The van der Waals surface area contributed by atoms with Gasteiger partial charge in [0.15, 0.2) is 0 Å². The van der Waals surface area contributed by atoms with Crippen LogP contribution in [0.4, 0.5) is 5.69 Å². The van der Waals surface area contributed by atoms with E-state index in [-0.39, 0.29) is 10.8 Å². The highest BCUT2D eigenvalue weighted by Crippen LogP contribution is 2.23. The third-order valence-corrected chi connectivity index (χ3v) is 8.00. The number of amides is 1. The first kappa shape index (κ1) is 24.0. The van der Waals surface area contributed by atoms with Gasteiger partial charge in [-0.2, -0.15) is 0 Å². The Balaban J connectivity index is 1.42. The van der Waals surface area contributed by atoms with Gasteiger partial charge in [-0.3, -0.25) is 14.0 Å². The van der Waals surface area contributed by atoms with Crippen molar-refractivity contribution in [2.45, 2.75) is 37.8 Å². The van der Waals surface area contributed by atoms with Crippen molar-refractivity contribution < 1.29 is 13.2 Å². The van der Waals surface area contributed by atoms with E-state index in [0.29, 0.717) is 17.8 Å². The van der Waals surface area contributed by atoms with E-state index >= 15 is 0 Å². The van der Waals surface area contributed by atoms with Gasteiger partial charge in [-0.25, -0.2) is 8.42 Å². The molecule has 178 valence electrons. The lowest BCUT2D eigenvalue weighted by Crippen LogP contribution is -2.27. The minimum atomic E-state index is -3.72. The second-order valence-corrected chi connectivity index (χ2v) is 10.8. The van der Waals surface area contributed by atoms with Gasteiger partial charge in [0.1, 0.15) is 0 Å². The maximum Gasteiger partial charge on any atom is 0.264 e. The summed E-state index contributed by atoms with van der Waals surface area (Å²) >= 11 is 0. The molecule has 34 heavy (non-hydrogen) atoms. The van der Waals surface area contributed by atoms with Gasteiger partial charge in [0, 0.05) is 25.7 Å². The van der Waals surface area contributed by atoms with Crippen LogP contribution in [0, 0.1) is 6.92 Å². The van der Waals surface area contributed by atoms with Crippen LogP contribution in [0.25, 0.3) is 0 Å². The zero-order valence-corrected chi connectivity index (χ0v) is 20.5. The van der Waals surface area contributed by atoms with Gasteiger partial charge in [-0.05, 0) is 74.3 Å². The van der Waals surface area contributed by atoms with E-state index in [9.17, 15) is 13.2 Å². The van der Waals surface area contributed by atoms with Crippen molar-refractivity contribution in [3.8, 4) is 0 Å². The maximum atomic E-state index is 13.0. The van der Waals surface area contributed by atoms with Crippen molar-refractivity contribution in [1.82, 2.24) is 10.2 Å². The molecule has 1 N–H and O–H groups in total. The fourth-order valence-electron chi connectivity index (χ4n) is 4.17. The molecule has 0 atom stereocenters. The summed E-state index contributed by atoms with van der Waals surface area (Å²) in [6, 6.07) is 21.7. The van der Waals surface area contributed by atoms with Gasteiger partial charge < -0.3 is 5.32 Å². The molecule has 1 fully saturated rings. The normalized spacial score (nSPS) is 14.2. The third-order valence-electron chi connectivity index (χ3n) is 6.20. The van der Waals surface area contributed by atoms with Crippen LogP contribution in [-0.2, 0) is 23.1 Å². The van der Waals surface area contributed by atoms with Crippen LogP contribution >= 0.6 is 0 Å². The molecule has 3 aromatic carbocycles. The van der Waals surface area contributed by atoms with Gasteiger partial charge >= 0.3 is 0 Å². The Kier molecular flexibility index (Phi) is 7.34. The zero-order chi connectivity index (χ0) is 24.1. The first-order chi connectivity index (χ1) is 16.3. The average molecular weight is 478 g/mol. The largest absolute Gasteiger partial charge is 0.348 e. The summed E-state index contributed by atoms with van der Waals surface area (Å²) in [5.74, 6) is -0.243. The second-order valence-electron chi connectivity index (χ2n) is 8.82. The first-order valence-electron chi connectivity index (χ1n) is 11.6. The standard InChI is InChI=1S/C27H31N3O3S/c1-21-11-13-26(14-12-21)34(32,33)29(2)25-10-6-9-24(18-25)27(31)28-19-22-7-5-8-23(17-22)20-30-15-3-4-16-30/h5-14,17-18H,3-4,15-16,19-20H2,1-2H3,(H,28,31). The highest BCUT2D eigenvalue weighted by atomic mass is 32.2. The molecule has 3 aromatic rings. The molecule has 0 radical (unpaired) electrons.